The number of carbonyl (C=O) groups is 2. The molecule has 5 rings (SSSR count). The summed E-state index contributed by atoms with van der Waals surface area (Å²) in [6.07, 6.45) is -2.25. The van der Waals surface area contributed by atoms with Gasteiger partial charge in [-0.1, -0.05) is 6.07 Å². The third-order valence-corrected chi connectivity index (χ3v) is 6.35. The Bertz CT molecular complexity index is 1640. The minimum absolute atomic E-state index is 0.0543. The van der Waals surface area contributed by atoms with E-state index in [-0.39, 0.29) is 51.9 Å². The third kappa shape index (κ3) is 5.39. The molecule has 7 N–H and O–H groups in total. The molecule has 2 atom stereocenters. The molecule has 1 aliphatic heterocycles. The van der Waals surface area contributed by atoms with Crippen LogP contribution in [0.15, 0.2) is 66.7 Å². The highest BCUT2D eigenvalue weighted by atomic mass is 16.6. The van der Waals surface area contributed by atoms with Crippen molar-refractivity contribution in [3.05, 3.63) is 89.0 Å². The lowest BCUT2D eigenvalue weighted by Crippen LogP contribution is -2.35. The van der Waals surface area contributed by atoms with Crippen LogP contribution < -0.4 is 9.47 Å². The van der Waals surface area contributed by atoms with Gasteiger partial charge in [0.25, 0.3) is 0 Å². The summed E-state index contributed by atoms with van der Waals surface area (Å²) < 4.78 is 17.2. The smallest absolute Gasteiger partial charge is 0.343 e. The van der Waals surface area contributed by atoms with E-state index in [1.165, 1.54) is 48.5 Å². The fourth-order valence-corrected chi connectivity index (χ4v) is 4.31. The van der Waals surface area contributed by atoms with E-state index < -0.39 is 47.1 Å². The minimum atomic E-state index is -1.09. The normalized spacial score (nSPS) is 15.8. The van der Waals surface area contributed by atoms with Crippen molar-refractivity contribution in [2.75, 3.05) is 0 Å². The molecule has 0 saturated heterocycles. The van der Waals surface area contributed by atoms with Gasteiger partial charge >= 0.3 is 11.9 Å². The van der Waals surface area contributed by atoms with Gasteiger partial charge in [-0.15, -0.1) is 0 Å². The summed E-state index contributed by atoms with van der Waals surface area (Å²) in [5.74, 6) is -5.58. The molecule has 1 aliphatic rings. The molecule has 0 aromatic heterocycles. The van der Waals surface area contributed by atoms with Crippen molar-refractivity contribution >= 4 is 11.9 Å². The number of hydrogen-bond acceptors (Lipinski definition) is 12. The zero-order chi connectivity index (χ0) is 29.4. The lowest BCUT2D eigenvalue weighted by Gasteiger charge is -2.34. The largest absolute Gasteiger partial charge is 0.508 e. The Morgan fingerprint density at radius 2 is 1.37 bits per heavy atom. The lowest BCUT2D eigenvalue weighted by molar-refractivity contribution is -0.0189. The van der Waals surface area contributed by atoms with Gasteiger partial charge < -0.3 is 50.0 Å². The van der Waals surface area contributed by atoms with Gasteiger partial charge in [0.1, 0.15) is 29.1 Å². The fourth-order valence-electron chi connectivity index (χ4n) is 4.31. The Morgan fingerprint density at radius 1 is 0.683 bits per heavy atom. The summed E-state index contributed by atoms with van der Waals surface area (Å²) in [6, 6.07) is 13.3. The quantitative estimate of drug-likeness (QED) is 0.106. The Balaban J connectivity index is 1.52. The van der Waals surface area contributed by atoms with E-state index in [1.54, 1.807) is 0 Å². The predicted octanol–water partition coefficient (Wildman–Crippen LogP) is 3.75. The van der Waals surface area contributed by atoms with Crippen LogP contribution in [-0.2, 0) is 11.2 Å². The number of fused-ring (bicyclic) bond motifs is 1. The third-order valence-electron chi connectivity index (χ3n) is 6.35. The van der Waals surface area contributed by atoms with Gasteiger partial charge in [-0.25, -0.2) is 9.59 Å². The molecule has 0 aliphatic carbocycles. The molecule has 12 nitrogen and oxygen atoms in total. The molecular formula is C29H22O12. The number of benzene rings is 4. The summed E-state index contributed by atoms with van der Waals surface area (Å²) in [5, 5.41) is 68.8. The molecule has 1 heterocycles. The number of rotatable bonds is 5. The lowest BCUT2D eigenvalue weighted by atomic mass is 9.93. The van der Waals surface area contributed by atoms with Crippen LogP contribution in [0.2, 0.25) is 0 Å². The second kappa shape index (κ2) is 10.4. The number of ether oxygens (including phenoxy) is 3. The number of carbonyl (C=O) groups excluding carboxylic acids is 2. The van der Waals surface area contributed by atoms with Gasteiger partial charge in [-0.3, -0.25) is 0 Å². The van der Waals surface area contributed by atoms with Gasteiger partial charge in [-0.05, 0) is 48.5 Å². The van der Waals surface area contributed by atoms with E-state index in [1.807, 2.05) is 0 Å². The molecular weight excluding hydrogens is 540 g/mol. The average Bonchev–Trinajstić information content (AvgIpc) is 2.93. The standard InChI is InChI=1S/C29H22O12/c30-16-4-1-13(2-5-16)28(37)41-25-12-18-23(39-27(25)14-3-6-19(32)20(33)7-14)10-17(31)11-24(18)40-29(38)15-8-21(34)26(36)22(35)9-15/h1-11,25,27,30-36H,12H2/t25-,27+/m0/s1. The predicted molar refractivity (Wildman–Crippen MR) is 139 cm³/mol. The molecule has 41 heavy (non-hydrogen) atoms. The number of hydrogen-bond donors (Lipinski definition) is 7. The molecule has 0 fully saturated rings. The van der Waals surface area contributed by atoms with Gasteiger partial charge in [0, 0.05) is 29.7 Å². The summed E-state index contributed by atoms with van der Waals surface area (Å²) in [7, 11) is 0. The maximum Gasteiger partial charge on any atom is 0.343 e. The Kier molecular flexibility index (Phi) is 6.81. The fraction of sp³-hybridized carbons (Fsp3) is 0.103. The van der Waals surface area contributed by atoms with Crippen molar-refractivity contribution in [1.82, 2.24) is 0 Å². The van der Waals surface area contributed by atoms with Crippen LogP contribution in [0, 0.1) is 0 Å². The molecule has 0 radical (unpaired) electrons. The van der Waals surface area contributed by atoms with E-state index >= 15 is 0 Å². The van der Waals surface area contributed by atoms with Crippen molar-refractivity contribution in [2.45, 2.75) is 18.6 Å². The van der Waals surface area contributed by atoms with Crippen LogP contribution in [0.25, 0.3) is 0 Å². The van der Waals surface area contributed by atoms with Gasteiger partial charge in [0.05, 0.1) is 11.1 Å². The highest BCUT2D eigenvalue weighted by Crippen LogP contribution is 2.45. The van der Waals surface area contributed by atoms with Crippen LogP contribution in [0.4, 0.5) is 0 Å². The molecule has 0 unspecified atom stereocenters. The van der Waals surface area contributed by atoms with Gasteiger partial charge in [-0.2, -0.15) is 0 Å². The van der Waals surface area contributed by atoms with Crippen molar-refractivity contribution in [1.29, 1.82) is 0 Å². The Hall–Kier alpha value is -5.78. The van der Waals surface area contributed by atoms with E-state index in [0.717, 1.165) is 18.2 Å². The van der Waals surface area contributed by atoms with Crippen molar-refractivity contribution in [3.8, 4) is 51.7 Å². The van der Waals surface area contributed by atoms with Crippen LogP contribution in [-0.4, -0.2) is 53.8 Å². The van der Waals surface area contributed by atoms with Crippen molar-refractivity contribution in [2.24, 2.45) is 0 Å². The monoisotopic (exact) mass is 562 g/mol. The summed E-state index contributed by atoms with van der Waals surface area (Å²) in [4.78, 5) is 25.8. The average molecular weight is 562 g/mol. The van der Waals surface area contributed by atoms with Gasteiger partial charge in [0.2, 0.25) is 0 Å². The van der Waals surface area contributed by atoms with Crippen molar-refractivity contribution in [3.63, 3.8) is 0 Å². The van der Waals surface area contributed by atoms with Crippen LogP contribution >= 0.6 is 0 Å². The molecule has 210 valence electrons. The molecule has 12 heteroatoms. The zero-order valence-corrected chi connectivity index (χ0v) is 20.9. The highest BCUT2D eigenvalue weighted by molar-refractivity contribution is 5.93. The highest BCUT2D eigenvalue weighted by Gasteiger charge is 2.37. The maximum atomic E-state index is 13.0. The summed E-state index contributed by atoms with van der Waals surface area (Å²) in [5.41, 5.74) is 0.321. The molecule has 4 aromatic rings. The van der Waals surface area contributed by atoms with E-state index in [9.17, 15) is 45.3 Å². The molecule has 0 saturated carbocycles. The number of phenols is 7. The van der Waals surface area contributed by atoms with E-state index in [0.29, 0.717) is 5.56 Å². The van der Waals surface area contributed by atoms with Crippen LogP contribution in [0.5, 0.6) is 51.7 Å². The summed E-state index contributed by atoms with van der Waals surface area (Å²) >= 11 is 0. The number of esters is 2. The second-order valence-corrected chi connectivity index (χ2v) is 9.15. The van der Waals surface area contributed by atoms with Crippen LogP contribution in [0.1, 0.15) is 37.9 Å². The SMILES string of the molecule is O=C(Oc1cc(O)cc2c1C[C@H](OC(=O)c1ccc(O)cc1)[C@@H](c1ccc(O)c(O)c1)O2)c1cc(O)c(O)c(O)c1. The van der Waals surface area contributed by atoms with Gasteiger partial charge in [0.15, 0.2) is 34.9 Å². The zero-order valence-electron chi connectivity index (χ0n) is 20.9. The summed E-state index contributed by atoms with van der Waals surface area (Å²) in [6.45, 7) is 0. The first-order chi connectivity index (χ1) is 19.5. The maximum absolute atomic E-state index is 13.0. The molecule has 0 bridgehead atoms. The van der Waals surface area contributed by atoms with Crippen molar-refractivity contribution < 1.29 is 59.5 Å². The second-order valence-electron chi connectivity index (χ2n) is 9.15. The van der Waals surface area contributed by atoms with E-state index in [2.05, 4.69) is 0 Å². The topological polar surface area (TPSA) is 203 Å². The minimum Gasteiger partial charge on any atom is -0.508 e. The molecule has 0 spiro atoms. The molecule has 0 amide bonds. The molecule has 4 aromatic carbocycles. The number of phenolic OH excluding ortho intramolecular Hbond substituents is 7. The first-order valence-electron chi connectivity index (χ1n) is 12.0. The first-order valence-corrected chi connectivity index (χ1v) is 12.0. The Labute approximate surface area is 231 Å². The Morgan fingerprint density at radius 3 is 2.02 bits per heavy atom. The van der Waals surface area contributed by atoms with E-state index in [4.69, 9.17) is 14.2 Å². The van der Waals surface area contributed by atoms with Crippen LogP contribution in [0.3, 0.4) is 0 Å². The first kappa shape index (κ1) is 26.8. The number of aromatic hydroxyl groups is 7.